The van der Waals surface area contributed by atoms with Crippen LogP contribution in [0.3, 0.4) is 0 Å². The Morgan fingerprint density at radius 3 is 2.21 bits per heavy atom. The van der Waals surface area contributed by atoms with Gasteiger partial charge in [0.1, 0.15) is 0 Å². The Morgan fingerprint density at radius 1 is 1.07 bits per heavy atom. The van der Waals surface area contributed by atoms with E-state index in [9.17, 15) is 23.1 Å². The lowest BCUT2D eigenvalue weighted by atomic mass is 10.1. The summed E-state index contributed by atoms with van der Waals surface area (Å²) in [6.07, 6.45) is -1.48. The first-order chi connectivity index (χ1) is 13.6. The van der Waals surface area contributed by atoms with Crippen LogP contribution in [0.1, 0.15) is 25.5 Å². The van der Waals surface area contributed by atoms with E-state index < -0.39 is 34.6 Å². The molecule has 8 nitrogen and oxygen atoms in total. The van der Waals surface area contributed by atoms with Gasteiger partial charge in [-0.1, -0.05) is 30.3 Å². The summed E-state index contributed by atoms with van der Waals surface area (Å²) in [6, 6.07) is 13.7. The average molecular weight is 420 g/mol. The highest BCUT2D eigenvalue weighted by molar-refractivity contribution is 7.89. The van der Waals surface area contributed by atoms with E-state index >= 15 is 0 Å². The highest BCUT2D eigenvalue weighted by atomic mass is 32.2. The van der Waals surface area contributed by atoms with E-state index in [4.69, 9.17) is 4.74 Å². The molecule has 2 aromatic rings. The lowest BCUT2D eigenvalue weighted by Gasteiger charge is -2.21. The van der Waals surface area contributed by atoms with Crippen molar-refractivity contribution in [1.82, 2.24) is 4.31 Å². The van der Waals surface area contributed by atoms with Gasteiger partial charge in [-0.25, -0.2) is 13.2 Å². The zero-order valence-electron chi connectivity index (χ0n) is 16.4. The van der Waals surface area contributed by atoms with Crippen LogP contribution in [-0.4, -0.2) is 49.4 Å². The number of nitrogens with one attached hydrogen (secondary N) is 1. The summed E-state index contributed by atoms with van der Waals surface area (Å²) >= 11 is 0. The van der Waals surface area contributed by atoms with Gasteiger partial charge in [-0.15, -0.1) is 0 Å². The number of hydrogen-bond donors (Lipinski definition) is 2. The Hall–Kier alpha value is -2.75. The molecule has 0 saturated heterocycles. The van der Waals surface area contributed by atoms with E-state index in [-0.39, 0.29) is 10.9 Å². The molecule has 0 aromatic heterocycles. The number of aliphatic hydroxyl groups excluding tert-OH is 1. The fraction of sp³-hybridized carbons (Fsp3) is 0.300. The fourth-order valence-corrected chi connectivity index (χ4v) is 3.71. The van der Waals surface area contributed by atoms with Crippen LogP contribution in [0.4, 0.5) is 5.69 Å². The Kier molecular flexibility index (Phi) is 7.49. The molecule has 2 aromatic carbocycles. The summed E-state index contributed by atoms with van der Waals surface area (Å²) in [5.41, 5.74) is 0.710. The molecular weight excluding hydrogens is 396 g/mol. The number of esters is 1. The number of nitrogens with zero attached hydrogens (tertiary/aromatic N) is 1. The molecule has 0 spiro atoms. The molecule has 9 heteroatoms. The number of carbonyl (C=O) groups is 2. The molecule has 0 heterocycles. The Balaban J connectivity index is 1.92. The summed E-state index contributed by atoms with van der Waals surface area (Å²) in [7, 11) is -2.12. The number of sulfonamides is 1. The molecule has 0 unspecified atom stereocenters. The van der Waals surface area contributed by atoms with Gasteiger partial charge in [0.05, 0.1) is 4.90 Å². The molecule has 0 fully saturated rings. The zero-order valence-corrected chi connectivity index (χ0v) is 17.2. The quantitative estimate of drug-likeness (QED) is 0.631. The van der Waals surface area contributed by atoms with Crippen LogP contribution < -0.4 is 5.32 Å². The third-order valence-corrected chi connectivity index (χ3v) is 6.27. The zero-order chi connectivity index (χ0) is 21.6. The van der Waals surface area contributed by atoms with Crippen molar-refractivity contribution in [2.75, 3.05) is 19.0 Å². The van der Waals surface area contributed by atoms with Gasteiger partial charge in [0.15, 0.2) is 12.7 Å². The van der Waals surface area contributed by atoms with Crippen molar-refractivity contribution in [2.24, 2.45) is 0 Å². The van der Waals surface area contributed by atoms with Crippen molar-refractivity contribution in [2.45, 2.75) is 30.9 Å². The molecule has 0 saturated carbocycles. The van der Waals surface area contributed by atoms with Gasteiger partial charge >= 0.3 is 5.97 Å². The largest absolute Gasteiger partial charge is 0.453 e. The molecule has 29 heavy (non-hydrogen) atoms. The average Bonchev–Trinajstić information content (AvgIpc) is 2.71. The second kappa shape index (κ2) is 9.64. The minimum absolute atomic E-state index is 0.101. The van der Waals surface area contributed by atoms with Crippen molar-refractivity contribution in [1.29, 1.82) is 0 Å². The van der Waals surface area contributed by atoms with Crippen molar-refractivity contribution in [3.05, 3.63) is 60.2 Å². The number of ether oxygens (including phenoxy) is 1. The predicted molar refractivity (Wildman–Crippen MR) is 108 cm³/mol. The monoisotopic (exact) mass is 420 g/mol. The summed E-state index contributed by atoms with van der Waals surface area (Å²) in [5.74, 6) is -1.56. The summed E-state index contributed by atoms with van der Waals surface area (Å²) in [4.78, 5) is 23.9. The van der Waals surface area contributed by atoms with Gasteiger partial charge in [0.25, 0.3) is 5.91 Å². The van der Waals surface area contributed by atoms with Gasteiger partial charge in [0, 0.05) is 18.8 Å². The number of carbonyl (C=O) groups excluding carboxylic acids is 2. The molecular formula is C20H24N2O6S. The molecule has 2 N–H and O–H groups in total. The first-order valence-electron chi connectivity index (χ1n) is 8.90. The molecule has 2 rings (SSSR count). The third-order valence-electron chi connectivity index (χ3n) is 4.23. The lowest BCUT2D eigenvalue weighted by Crippen LogP contribution is -2.33. The van der Waals surface area contributed by atoms with Crippen LogP contribution in [-0.2, 0) is 24.3 Å². The van der Waals surface area contributed by atoms with E-state index in [2.05, 4.69) is 5.32 Å². The maximum Gasteiger partial charge on any atom is 0.340 e. The maximum atomic E-state index is 12.4. The first kappa shape index (κ1) is 22.5. The molecule has 0 radical (unpaired) electrons. The van der Waals surface area contributed by atoms with E-state index in [1.807, 2.05) is 0 Å². The van der Waals surface area contributed by atoms with Gasteiger partial charge in [-0.05, 0) is 43.7 Å². The summed E-state index contributed by atoms with van der Waals surface area (Å²) < 4.78 is 30.9. The smallest absolute Gasteiger partial charge is 0.340 e. The van der Waals surface area contributed by atoms with Crippen LogP contribution in [0.5, 0.6) is 0 Å². The van der Waals surface area contributed by atoms with Gasteiger partial charge in [0.2, 0.25) is 10.0 Å². The topological polar surface area (TPSA) is 113 Å². The van der Waals surface area contributed by atoms with E-state index in [0.29, 0.717) is 11.3 Å². The first-order valence-corrected chi connectivity index (χ1v) is 10.3. The fourth-order valence-electron chi connectivity index (χ4n) is 2.34. The predicted octanol–water partition coefficient (Wildman–Crippen LogP) is 1.93. The van der Waals surface area contributed by atoms with Crippen molar-refractivity contribution < 1.29 is 27.9 Å². The molecule has 0 aliphatic carbocycles. The number of hydrogen-bond acceptors (Lipinski definition) is 6. The van der Waals surface area contributed by atoms with Crippen LogP contribution in [0.25, 0.3) is 0 Å². The van der Waals surface area contributed by atoms with Crippen LogP contribution in [0.2, 0.25) is 0 Å². The molecule has 1 amide bonds. The maximum absolute atomic E-state index is 12.4. The number of benzene rings is 2. The van der Waals surface area contributed by atoms with Crippen molar-refractivity contribution in [3.63, 3.8) is 0 Å². The van der Waals surface area contributed by atoms with Crippen LogP contribution in [0.15, 0.2) is 59.5 Å². The van der Waals surface area contributed by atoms with Crippen molar-refractivity contribution in [3.8, 4) is 0 Å². The van der Waals surface area contributed by atoms with E-state index in [1.165, 1.54) is 35.6 Å². The Morgan fingerprint density at radius 2 is 1.66 bits per heavy atom. The van der Waals surface area contributed by atoms with Crippen LogP contribution >= 0.6 is 0 Å². The van der Waals surface area contributed by atoms with E-state index in [1.54, 1.807) is 44.2 Å². The van der Waals surface area contributed by atoms with Crippen molar-refractivity contribution >= 4 is 27.6 Å². The third kappa shape index (κ3) is 5.86. The highest BCUT2D eigenvalue weighted by Gasteiger charge is 2.23. The number of rotatable bonds is 8. The SMILES string of the molecule is CC(C)N(C)S(=O)(=O)c1ccc(NC(=O)COC(=O)[C@@H](O)c2ccccc2)cc1. The van der Waals surface area contributed by atoms with Gasteiger partial charge < -0.3 is 15.2 Å². The summed E-state index contributed by atoms with van der Waals surface area (Å²) in [5, 5.41) is 12.4. The minimum atomic E-state index is -3.62. The second-order valence-electron chi connectivity index (χ2n) is 6.61. The number of anilines is 1. The van der Waals surface area contributed by atoms with E-state index in [0.717, 1.165) is 0 Å². The summed E-state index contributed by atoms with van der Waals surface area (Å²) in [6.45, 7) is 2.95. The molecule has 1 atom stereocenters. The molecule has 0 bridgehead atoms. The highest BCUT2D eigenvalue weighted by Crippen LogP contribution is 2.19. The van der Waals surface area contributed by atoms with Crippen LogP contribution in [0, 0.1) is 0 Å². The second-order valence-corrected chi connectivity index (χ2v) is 8.61. The molecule has 0 aliphatic rings. The normalized spacial score (nSPS) is 12.6. The number of amides is 1. The minimum Gasteiger partial charge on any atom is -0.453 e. The standard InChI is InChI=1S/C20H24N2O6S/c1-14(2)22(3)29(26,27)17-11-9-16(10-12-17)21-18(23)13-28-20(25)19(24)15-7-5-4-6-8-15/h4-12,14,19,24H,13H2,1-3H3,(H,21,23)/t19-/m0/s1. The van der Waals surface area contributed by atoms with Gasteiger partial charge in [-0.2, -0.15) is 4.31 Å². The molecule has 156 valence electrons. The molecule has 0 aliphatic heterocycles. The Labute approximate surface area is 170 Å². The lowest BCUT2D eigenvalue weighted by molar-refractivity contribution is -0.156. The van der Waals surface area contributed by atoms with Gasteiger partial charge in [-0.3, -0.25) is 4.79 Å². The Bertz CT molecular complexity index is 943. The number of aliphatic hydroxyl groups is 1.